The van der Waals surface area contributed by atoms with E-state index in [1.807, 2.05) is 49.4 Å². The summed E-state index contributed by atoms with van der Waals surface area (Å²) in [7, 11) is 0. The second-order valence-corrected chi connectivity index (χ2v) is 8.49. The number of rotatable bonds is 8. The van der Waals surface area contributed by atoms with Crippen molar-refractivity contribution >= 4 is 35.2 Å². The summed E-state index contributed by atoms with van der Waals surface area (Å²) in [6, 6.07) is 23.6. The number of carbonyl (C=O) groups excluding carboxylic acids is 3. The van der Waals surface area contributed by atoms with E-state index in [2.05, 4.69) is 5.32 Å². The van der Waals surface area contributed by atoms with Crippen molar-refractivity contribution in [1.29, 1.82) is 0 Å². The second-order valence-electron chi connectivity index (χ2n) is 8.49. The monoisotopic (exact) mass is 496 g/mol. The quantitative estimate of drug-likeness (QED) is 0.339. The molecule has 3 aromatic rings. The highest BCUT2D eigenvalue weighted by Crippen LogP contribution is 2.35. The average Bonchev–Trinajstić information content (AvgIpc) is 3.14. The lowest BCUT2D eigenvalue weighted by molar-refractivity contribution is -0.138. The molecule has 0 saturated carbocycles. The summed E-state index contributed by atoms with van der Waals surface area (Å²) < 4.78 is 10.8. The minimum absolute atomic E-state index is 0.145. The number of nitrogens with zero attached hydrogens (tertiary/aromatic N) is 1. The lowest BCUT2D eigenvalue weighted by atomic mass is 10.0. The first-order chi connectivity index (χ1) is 17.9. The molecule has 7 heteroatoms. The number of anilines is 2. The predicted molar refractivity (Wildman–Crippen MR) is 143 cm³/mol. The molecule has 0 saturated heterocycles. The first-order valence-electron chi connectivity index (χ1n) is 12.0. The van der Waals surface area contributed by atoms with Gasteiger partial charge in [-0.2, -0.15) is 0 Å². The molecule has 1 N–H and O–H groups in total. The highest BCUT2D eigenvalue weighted by molar-refractivity contribution is 6.23. The third-order valence-corrected chi connectivity index (χ3v) is 5.79. The molecule has 37 heavy (non-hydrogen) atoms. The summed E-state index contributed by atoms with van der Waals surface area (Å²) in [5.74, 6) is -0.618. The molecule has 7 nitrogen and oxygen atoms in total. The normalized spacial score (nSPS) is 14.2. The molecule has 0 bridgehead atoms. The van der Waals surface area contributed by atoms with Crippen LogP contribution in [0.15, 0.2) is 95.7 Å². The Kier molecular flexibility index (Phi) is 7.83. The van der Waals surface area contributed by atoms with Gasteiger partial charge in [0.05, 0.1) is 17.8 Å². The summed E-state index contributed by atoms with van der Waals surface area (Å²) >= 11 is 0. The molecule has 0 fully saturated rings. The van der Waals surface area contributed by atoms with Gasteiger partial charge in [0, 0.05) is 17.1 Å². The van der Waals surface area contributed by atoms with E-state index >= 15 is 0 Å². The number of para-hydroxylation sites is 1. The molecule has 2 amide bonds. The SMILES string of the molecule is CCOC(=O)C1=C(C)N(c2ccc(C)cc2)C(=O)/C1=C\c1ccc(OCC(=O)Nc2ccccc2)cc1. The van der Waals surface area contributed by atoms with Gasteiger partial charge in [0.15, 0.2) is 6.61 Å². The maximum atomic E-state index is 13.5. The number of hydrogen-bond acceptors (Lipinski definition) is 5. The molecule has 0 atom stereocenters. The summed E-state index contributed by atoms with van der Waals surface area (Å²) in [6.07, 6.45) is 1.66. The van der Waals surface area contributed by atoms with E-state index in [9.17, 15) is 14.4 Å². The van der Waals surface area contributed by atoms with E-state index in [4.69, 9.17) is 9.47 Å². The van der Waals surface area contributed by atoms with Crippen LogP contribution < -0.4 is 15.0 Å². The number of nitrogens with one attached hydrogen (secondary N) is 1. The van der Waals surface area contributed by atoms with Gasteiger partial charge in [-0.15, -0.1) is 0 Å². The van der Waals surface area contributed by atoms with Crippen molar-refractivity contribution < 1.29 is 23.9 Å². The zero-order valence-corrected chi connectivity index (χ0v) is 21.0. The molecule has 4 rings (SSSR count). The van der Waals surface area contributed by atoms with Gasteiger partial charge in [0.2, 0.25) is 0 Å². The van der Waals surface area contributed by atoms with Crippen LogP contribution in [0.3, 0.4) is 0 Å². The maximum Gasteiger partial charge on any atom is 0.340 e. The van der Waals surface area contributed by atoms with E-state index in [0.29, 0.717) is 28.4 Å². The van der Waals surface area contributed by atoms with Gasteiger partial charge >= 0.3 is 5.97 Å². The van der Waals surface area contributed by atoms with E-state index in [-0.39, 0.29) is 36.2 Å². The van der Waals surface area contributed by atoms with Gasteiger partial charge in [0.1, 0.15) is 5.75 Å². The fraction of sp³-hybridized carbons (Fsp3) is 0.167. The van der Waals surface area contributed by atoms with E-state index in [1.54, 1.807) is 56.3 Å². The van der Waals surface area contributed by atoms with Crippen LogP contribution in [0.1, 0.15) is 25.0 Å². The van der Waals surface area contributed by atoms with Crippen LogP contribution in [0, 0.1) is 6.92 Å². The smallest absolute Gasteiger partial charge is 0.340 e. The van der Waals surface area contributed by atoms with Crippen LogP contribution >= 0.6 is 0 Å². The minimum atomic E-state index is -0.543. The van der Waals surface area contributed by atoms with Crippen molar-refractivity contribution in [3.8, 4) is 5.75 Å². The number of allylic oxidation sites excluding steroid dienone is 1. The first-order valence-corrected chi connectivity index (χ1v) is 12.0. The Bertz CT molecular complexity index is 1360. The zero-order chi connectivity index (χ0) is 26.4. The Morgan fingerprint density at radius 2 is 1.59 bits per heavy atom. The Morgan fingerprint density at radius 3 is 2.24 bits per heavy atom. The van der Waals surface area contributed by atoms with Crippen LogP contribution in [0.2, 0.25) is 0 Å². The highest BCUT2D eigenvalue weighted by Gasteiger charge is 2.38. The average molecular weight is 497 g/mol. The number of carbonyl (C=O) groups is 3. The lowest BCUT2D eigenvalue weighted by Crippen LogP contribution is -2.24. The maximum absolute atomic E-state index is 13.5. The van der Waals surface area contributed by atoms with Gasteiger partial charge < -0.3 is 14.8 Å². The van der Waals surface area contributed by atoms with E-state index < -0.39 is 5.97 Å². The molecule has 0 aromatic heterocycles. The van der Waals surface area contributed by atoms with E-state index in [1.165, 1.54) is 4.90 Å². The molecule has 1 heterocycles. The largest absolute Gasteiger partial charge is 0.484 e. The van der Waals surface area contributed by atoms with Crippen molar-refractivity contribution in [2.24, 2.45) is 0 Å². The van der Waals surface area contributed by atoms with Crippen molar-refractivity contribution in [1.82, 2.24) is 0 Å². The molecule has 1 aliphatic heterocycles. The fourth-order valence-electron chi connectivity index (χ4n) is 3.98. The van der Waals surface area contributed by atoms with Crippen LogP contribution in [0.25, 0.3) is 6.08 Å². The molecule has 0 unspecified atom stereocenters. The Morgan fingerprint density at radius 1 is 0.919 bits per heavy atom. The number of hydrogen-bond donors (Lipinski definition) is 1. The van der Waals surface area contributed by atoms with Gasteiger partial charge in [-0.1, -0.05) is 48.0 Å². The van der Waals surface area contributed by atoms with Crippen molar-refractivity contribution in [3.05, 3.63) is 107 Å². The third-order valence-electron chi connectivity index (χ3n) is 5.79. The summed E-state index contributed by atoms with van der Waals surface area (Å²) in [5.41, 5.74) is 4.15. The topological polar surface area (TPSA) is 84.9 Å². The molecule has 1 aliphatic rings. The Balaban J connectivity index is 1.52. The third kappa shape index (κ3) is 5.95. The molecule has 3 aromatic carbocycles. The zero-order valence-electron chi connectivity index (χ0n) is 21.0. The number of amides is 2. The molecular formula is C30H28N2O5. The standard InChI is InChI=1S/C30H28N2O5/c1-4-36-30(35)28-21(3)32(24-14-10-20(2)11-15-24)29(34)26(28)18-22-12-16-25(17-13-22)37-19-27(33)31-23-8-6-5-7-9-23/h5-18H,4,19H2,1-3H3,(H,31,33)/b26-18-. The highest BCUT2D eigenvalue weighted by atomic mass is 16.5. The van der Waals surface area contributed by atoms with E-state index in [0.717, 1.165) is 5.56 Å². The van der Waals surface area contributed by atoms with Gasteiger partial charge in [-0.05, 0) is 68.8 Å². The van der Waals surface area contributed by atoms with Crippen LogP contribution in [-0.4, -0.2) is 31.0 Å². The molecule has 0 aliphatic carbocycles. The summed E-state index contributed by atoms with van der Waals surface area (Å²) in [5, 5.41) is 2.76. The lowest BCUT2D eigenvalue weighted by Gasteiger charge is -2.18. The summed E-state index contributed by atoms with van der Waals surface area (Å²) in [6.45, 7) is 5.49. The number of aryl methyl sites for hydroxylation is 1. The molecule has 188 valence electrons. The Hall–Kier alpha value is -4.65. The molecular weight excluding hydrogens is 468 g/mol. The number of esters is 1. The van der Waals surface area contributed by atoms with Gasteiger partial charge in [0.25, 0.3) is 11.8 Å². The first kappa shape index (κ1) is 25.4. The van der Waals surface area contributed by atoms with Crippen LogP contribution in [0.4, 0.5) is 11.4 Å². The molecule has 0 radical (unpaired) electrons. The molecule has 0 spiro atoms. The van der Waals surface area contributed by atoms with Crippen molar-refractivity contribution in [2.45, 2.75) is 20.8 Å². The summed E-state index contributed by atoms with van der Waals surface area (Å²) in [4.78, 5) is 39.9. The van der Waals surface area contributed by atoms with Crippen molar-refractivity contribution in [2.75, 3.05) is 23.4 Å². The van der Waals surface area contributed by atoms with Crippen molar-refractivity contribution in [3.63, 3.8) is 0 Å². The predicted octanol–water partition coefficient (Wildman–Crippen LogP) is 5.28. The van der Waals surface area contributed by atoms with Gasteiger partial charge in [-0.3, -0.25) is 14.5 Å². The second kappa shape index (κ2) is 11.4. The fourth-order valence-corrected chi connectivity index (χ4v) is 3.98. The number of benzene rings is 3. The van der Waals surface area contributed by atoms with Crippen LogP contribution in [0.5, 0.6) is 5.75 Å². The minimum Gasteiger partial charge on any atom is -0.484 e. The van der Waals surface area contributed by atoms with Crippen LogP contribution in [-0.2, 0) is 19.1 Å². The van der Waals surface area contributed by atoms with Gasteiger partial charge in [-0.25, -0.2) is 4.79 Å². The number of ether oxygens (including phenoxy) is 2. The Labute approximate surface area is 216 Å².